The van der Waals surface area contributed by atoms with Crippen LogP contribution in [-0.2, 0) is 14.3 Å². The second kappa shape index (κ2) is 9.48. The van der Waals surface area contributed by atoms with Crippen LogP contribution < -0.4 is 10.3 Å². The predicted octanol–water partition coefficient (Wildman–Crippen LogP) is 4.28. The van der Waals surface area contributed by atoms with Crippen LogP contribution in [0.5, 0.6) is 0 Å². The van der Waals surface area contributed by atoms with Crippen LogP contribution in [0.1, 0.15) is 30.9 Å². The highest BCUT2D eigenvalue weighted by molar-refractivity contribution is 6.14. The van der Waals surface area contributed by atoms with Crippen LogP contribution in [0.2, 0.25) is 0 Å². The summed E-state index contributed by atoms with van der Waals surface area (Å²) in [7, 11) is 1.15. The number of hydrogen-bond acceptors (Lipinski definition) is 6. The maximum absolute atomic E-state index is 15.0. The molecule has 2 aromatic carbocycles. The molecule has 1 N–H and O–H groups in total. The van der Waals surface area contributed by atoms with Crippen molar-refractivity contribution in [3.8, 4) is 0 Å². The number of halogens is 4. The van der Waals surface area contributed by atoms with E-state index >= 15 is 0 Å². The van der Waals surface area contributed by atoms with E-state index in [-0.39, 0.29) is 17.0 Å². The van der Waals surface area contributed by atoms with Gasteiger partial charge in [0.15, 0.2) is 11.4 Å². The first-order chi connectivity index (χ1) is 17.1. The SMILES string of the molecule is COC(=O)C(C)NC(=O)C1(C)C(c2ccoc2)C(c2ccc(F)cc2F)=NN1c1ccc(F)cc1F. The van der Waals surface area contributed by atoms with E-state index in [9.17, 15) is 27.2 Å². The van der Waals surface area contributed by atoms with Gasteiger partial charge in [0, 0.05) is 23.3 Å². The van der Waals surface area contributed by atoms with Crippen molar-refractivity contribution >= 4 is 23.3 Å². The van der Waals surface area contributed by atoms with Crippen LogP contribution in [0.4, 0.5) is 23.2 Å². The van der Waals surface area contributed by atoms with Gasteiger partial charge in [0.1, 0.15) is 23.5 Å². The summed E-state index contributed by atoms with van der Waals surface area (Å²) in [5, 5.41) is 7.92. The molecule has 0 spiro atoms. The zero-order valence-electron chi connectivity index (χ0n) is 19.4. The number of carbonyl (C=O) groups excluding carboxylic acids is 2. The van der Waals surface area contributed by atoms with Gasteiger partial charge < -0.3 is 14.5 Å². The molecule has 3 aromatic rings. The number of furan rings is 1. The van der Waals surface area contributed by atoms with Gasteiger partial charge in [0.05, 0.1) is 37.0 Å². The molecule has 7 nitrogen and oxygen atoms in total. The molecular formula is C25H21F4N3O4. The molecule has 3 unspecified atom stereocenters. The summed E-state index contributed by atoms with van der Waals surface area (Å²) in [6, 6.07) is 5.91. The molecule has 11 heteroatoms. The van der Waals surface area contributed by atoms with Gasteiger partial charge in [0.2, 0.25) is 5.91 Å². The van der Waals surface area contributed by atoms with Crippen LogP contribution >= 0.6 is 0 Å². The predicted molar refractivity (Wildman–Crippen MR) is 121 cm³/mol. The standard InChI is InChI=1S/C25H21F4N3O4/c1-13(23(33)35-3)30-24(34)25(2)21(14-8-9-36-12-14)22(17-6-4-15(26)10-18(17)28)31-32(25)20-7-5-16(27)11-19(20)29/h4-13,21H,1-3H3,(H,30,34). The molecule has 3 atom stereocenters. The molecular weight excluding hydrogens is 482 g/mol. The number of esters is 1. The molecule has 0 saturated carbocycles. The number of carbonyl (C=O) groups is 2. The maximum Gasteiger partial charge on any atom is 0.328 e. The van der Waals surface area contributed by atoms with E-state index in [2.05, 4.69) is 15.2 Å². The Morgan fingerprint density at radius 3 is 2.33 bits per heavy atom. The van der Waals surface area contributed by atoms with Crippen LogP contribution in [0.15, 0.2) is 64.5 Å². The van der Waals surface area contributed by atoms with E-state index in [4.69, 9.17) is 4.42 Å². The Morgan fingerprint density at radius 2 is 1.75 bits per heavy atom. The van der Waals surface area contributed by atoms with Gasteiger partial charge >= 0.3 is 5.97 Å². The Labute approximate surface area is 203 Å². The molecule has 1 amide bonds. The van der Waals surface area contributed by atoms with E-state index < -0.39 is 52.6 Å². The number of amides is 1. The summed E-state index contributed by atoms with van der Waals surface area (Å²) in [6.45, 7) is 2.80. The van der Waals surface area contributed by atoms with E-state index in [0.717, 1.165) is 36.4 Å². The highest BCUT2D eigenvalue weighted by Gasteiger charge is 2.56. The lowest BCUT2D eigenvalue weighted by Gasteiger charge is -2.37. The van der Waals surface area contributed by atoms with Crippen molar-refractivity contribution in [3.63, 3.8) is 0 Å². The Morgan fingerprint density at radius 1 is 1.08 bits per heavy atom. The third kappa shape index (κ3) is 4.21. The van der Waals surface area contributed by atoms with Crippen LogP contribution in [0, 0.1) is 23.3 Å². The van der Waals surface area contributed by atoms with Crippen molar-refractivity contribution in [2.45, 2.75) is 31.3 Å². The van der Waals surface area contributed by atoms with Gasteiger partial charge in [-0.2, -0.15) is 5.10 Å². The van der Waals surface area contributed by atoms with Crippen molar-refractivity contribution in [2.24, 2.45) is 5.10 Å². The average Bonchev–Trinajstić information content (AvgIpc) is 3.45. The summed E-state index contributed by atoms with van der Waals surface area (Å²) in [4.78, 5) is 25.8. The maximum atomic E-state index is 15.0. The smallest absolute Gasteiger partial charge is 0.328 e. The molecule has 188 valence electrons. The lowest BCUT2D eigenvalue weighted by Crippen LogP contribution is -2.59. The fraction of sp³-hybridized carbons (Fsp3) is 0.240. The molecule has 0 bridgehead atoms. The largest absolute Gasteiger partial charge is 0.472 e. The fourth-order valence-electron chi connectivity index (χ4n) is 4.25. The number of ether oxygens (including phenoxy) is 1. The first-order valence-corrected chi connectivity index (χ1v) is 10.8. The van der Waals surface area contributed by atoms with Crippen LogP contribution in [-0.4, -0.2) is 36.3 Å². The van der Waals surface area contributed by atoms with E-state index in [0.29, 0.717) is 17.7 Å². The first kappa shape index (κ1) is 25.0. The second-order valence-corrected chi connectivity index (χ2v) is 8.37. The van der Waals surface area contributed by atoms with E-state index in [1.54, 1.807) is 0 Å². The van der Waals surface area contributed by atoms with Crippen molar-refractivity contribution in [1.29, 1.82) is 0 Å². The number of hydrazone groups is 1. The summed E-state index contributed by atoms with van der Waals surface area (Å²) in [5.41, 5.74) is -1.94. The van der Waals surface area contributed by atoms with Crippen molar-refractivity contribution in [2.75, 3.05) is 12.1 Å². The van der Waals surface area contributed by atoms with Gasteiger partial charge in [-0.05, 0) is 44.2 Å². The quantitative estimate of drug-likeness (QED) is 0.401. The van der Waals surface area contributed by atoms with E-state index in [1.165, 1.54) is 32.4 Å². The zero-order chi connectivity index (χ0) is 26.2. The molecule has 4 rings (SSSR count). The summed E-state index contributed by atoms with van der Waals surface area (Å²) < 4.78 is 67.2. The van der Waals surface area contributed by atoms with Crippen LogP contribution in [0.3, 0.4) is 0 Å². The highest BCUT2D eigenvalue weighted by Crippen LogP contribution is 2.46. The molecule has 1 aliphatic heterocycles. The Kier molecular flexibility index (Phi) is 6.57. The minimum absolute atomic E-state index is 0.0407. The average molecular weight is 503 g/mol. The Bertz CT molecular complexity index is 1350. The molecule has 0 radical (unpaired) electrons. The van der Waals surface area contributed by atoms with Gasteiger partial charge in [0.25, 0.3) is 0 Å². The molecule has 1 aromatic heterocycles. The minimum Gasteiger partial charge on any atom is -0.472 e. The number of methoxy groups -OCH3 is 1. The molecule has 0 aliphatic carbocycles. The van der Waals surface area contributed by atoms with Gasteiger partial charge in [-0.1, -0.05) is 0 Å². The molecule has 0 fully saturated rings. The molecule has 0 saturated heterocycles. The summed E-state index contributed by atoms with van der Waals surface area (Å²) in [5.74, 6) is -6.32. The highest BCUT2D eigenvalue weighted by atomic mass is 19.1. The zero-order valence-corrected chi connectivity index (χ0v) is 19.4. The number of anilines is 1. The Hall–Kier alpha value is -4.15. The molecule has 36 heavy (non-hydrogen) atoms. The monoisotopic (exact) mass is 503 g/mol. The van der Waals surface area contributed by atoms with Crippen molar-refractivity contribution in [3.05, 3.63) is 89.4 Å². The van der Waals surface area contributed by atoms with Crippen molar-refractivity contribution in [1.82, 2.24) is 5.32 Å². The Balaban J connectivity index is 1.95. The number of nitrogens with one attached hydrogen (secondary N) is 1. The topological polar surface area (TPSA) is 84.1 Å². The number of rotatable bonds is 6. The van der Waals surface area contributed by atoms with Gasteiger partial charge in [-0.3, -0.25) is 4.79 Å². The lowest BCUT2D eigenvalue weighted by molar-refractivity contribution is -0.145. The fourth-order valence-corrected chi connectivity index (χ4v) is 4.25. The number of nitrogens with zero attached hydrogens (tertiary/aromatic N) is 2. The number of benzene rings is 2. The summed E-state index contributed by atoms with van der Waals surface area (Å²) >= 11 is 0. The molecule has 2 heterocycles. The van der Waals surface area contributed by atoms with E-state index in [1.807, 2.05) is 0 Å². The van der Waals surface area contributed by atoms with Gasteiger partial charge in [-0.25, -0.2) is 27.4 Å². The van der Waals surface area contributed by atoms with Gasteiger partial charge in [-0.15, -0.1) is 0 Å². The third-order valence-electron chi connectivity index (χ3n) is 6.07. The number of hydrogen-bond donors (Lipinski definition) is 1. The third-order valence-corrected chi connectivity index (χ3v) is 6.07. The minimum atomic E-state index is -1.83. The second-order valence-electron chi connectivity index (χ2n) is 8.37. The summed E-state index contributed by atoms with van der Waals surface area (Å²) in [6.07, 6.45) is 2.63. The normalized spacial score (nSPS) is 20.1. The lowest BCUT2D eigenvalue weighted by atomic mass is 9.76. The first-order valence-electron chi connectivity index (χ1n) is 10.8. The van der Waals surface area contributed by atoms with Crippen molar-refractivity contribution < 1.29 is 36.3 Å². The molecule has 1 aliphatic rings. The van der Waals surface area contributed by atoms with Crippen LogP contribution in [0.25, 0.3) is 0 Å².